The highest BCUT2D eigenvalue weighted by Gasteiger charge is 2.46. The number of hydrogen-bond acceptors (Lipinski definition) is 7. The van der Waals surface area contributed by atoms with E-state index in [0.29, 0.717) is 33.2 Å². The average Bonchev–Trinajstić information content (AvgIpc) is 3.30. The molecule has 0 bridgehead atoms. The molecule has 0 N–H and O–H groups in total. The number of para-hydroxylation sites is 1. The van der Waals surface area contributed by atoms with Crippen molar-refractivity contribution in [3.05, 3.63) is 79.1 Å². The Morgan fingerprint density at radius 2 is 1.76 bits per heavy atom. The molecule has 2 aromatic carbocycles. The lowest BCUT2D eigenvalue weighted by atomic mass is 9.96. The van der Waals surface area contributed by atoms with Crippen LogP contribution in [0, 0.1) is 27.7 Å². The number of amides is 1. The predicted octanol–water partition coefficient (Wildman–Crippen LogP) is 5.25. The van der Waals surface area contributed by atoms with Crippen molar-refractivity contribution in [2.24, 2.45) is 0 Å². The van der Waals surface area contributed by atoms with Gasteiger partial charge in [0.25, 0.3) is 5.91 Å². The molecule has 0 saturated heterocycles. The van der Waals surface area contributed by atoms with Crippen LogP contribution in [-0.2, 0) is 0 Å². The van der Waals surface area contributed by atoms with E-state index in [9.17, 15) is 9.59 Å². The summed E-state index contributed by atoms with van der Waals surface area (Å²) in [4.78, 5) is 34.8. The van der Waals surface area contributed by atoms with Crippen molar-refractivity contribution < 1.29 is 18.7 Å². The van der Waals surface area contributed by atoms with Gasteiger partial charge in [-0.2, -0.15) is 0 Å². The van der Waals surface area contributed by atoms with Crippen LogP contribution in [-0.4, -0.2) is 25.1 Å². The van der Waals surface area contributed by atoms with Gasteiger partial charge in [-0.3, -0.25) is 14.5 Å². The molecule has 174 valence electrons. The number of aromatic nitrogens is 1. The fraction of sp³-hybridized carbons (Fsp3) is 0.269. The van der Waals surface area contributed by atoms with Crippen LogP contribution in [0.1, 0.15) is 49.4 Å². The summed E-state index contributed by atoms with van der Waals surface area (Å²) >= 11 is 1.40. The smallest absolute Gasteiger partial charge is 0.297 e. The molecule has 0 aliphatic carbocycles. The molecule has 8 heteroatoms. The van der Waals surface area contributed by atoms with Gasteiger partial charge in [-0.05, 0) is 57.0 Å². The summed E-state index contributed by atoms with van der Waals surface area (Å²) in [7, 11) is 3.09. The van der Waals surface area contributed by atoms with Crippen LogP contribution in [0.4, 0.5) is 5.13 Å². The Morgan fingerprint density at radius 1 is 1.03 bits per heavy atom. The quantitative estimate of drug-likeness (QED) is 0.400. The Bertz CT molecular complexity index is 1520. The van der Waals surface area contributed by atoms with Gasteiger partial charge in [-0.25, -0.2) is 4.98 Å². The van der Waals surface area contributed by atoms with Crippen molar-refractivity contribution in [3.8, 4) is 11.5 Å². The zero-order valence-electron chi connectivity index (χ0n) is 19.8. The number of benzene rings is 2. The number of methoxy groups -OCH3 is 2. The second-order valence-corrected chi connectivity index (χ2v) is 9.59. The third-order valence-corrected chi connectivity index (χ3v) is 7.51. The van der Waals surface area contributed by atoms with Gasteiger partial charge in [0.1, 0.15) is 11.6 Å². The van der Waals surface area contributed by atoms with Gasteiger partial charge >= 0.3 is 0 Å². The van der Waals surface area contributed by atoms with Crippen molar-refractivity contribution in [3.63, 3.8) is 0 Å². The zero-order valence-corrected chi connectivity index (χ0v) is 20.6. The highest BCUT2D eigenvalue weighted by atomic mass is 32.1. The minimum atomic E-state index is -0.778. The Balaban J connectivity index is 1.87. The summed E-state index contributed by atoms with van der Waals surface area (Å²) in [5, 5.41) is 0.937. The van der Waals surface area contributed by atoms with Crippen LogP contribution in [0.3, 0.4) is 0 Å². The summed E-state index contributed by atoms with van der Waals surface area (Å²) in [6.45, 7) is 7.74. The van der Waals surface area contributed by atoms with Crippen molar-refractivity contribution >= 4 is 33.3 Å². The molecule has 1 aliphatic rings. The maximum absolute atomic E-state index is 13.9. The van der Waals surface area contributed by atoms with Crippen LogP contribution in [0.5, 0.6) is 11.5 Å². The molecule has 34 heavy (non-hydrogen) atoms. The molecule has 0 spiro atoms. The Labute approximate surface area is 200 Å². The van der Waals surface area contributed by atoms with E-state index in [1.165, 1.54) is 23.3 Å². The number of fused-ring (bicyclic) bond motifs is 2. The fourth-order valence-electron chi connectivity index (χ4n) is 4.41. The van der Waals surface area contributed by atoms with Gasteiger partial charge in [-0.15, -0.1) is 11.3 Å². The Kier molecular flexibility index (Phi) is 5.20. The number of rotatable bonds is 4. The summed E-state index contributed by atoms with van der Waals surface area (Å²) in [6.07, 6.45) is 0. The number of aryl methyl sites for hydroxylation is 4. The monoisotopic (exact) mass is 476 g/mol. The normalized spacial score (nSPS) is 15.2. The topological polar surface area (TPSA) is 81.9 Å². The second-order valence-electron chi connectivity index (χ2n) is 8.41. The molecule has 1 unspecified atom stereocenters. The van der Waals surface area contributed by atoms with E-state index in [4.69, 9.17) is 13.9 Å². The summed E-state index contributed by atoms with van der Waals surface area (Å²) in [5.41, 5.74) is 3.83. The first kappa shape index (κ1) is 22.2. The van der Waals surface area contributed by atoms with E-state index in [2.05, 4.69) is 4.98 Å². The van der Waals surface area contributed by atoms with Gasteiger partial charge in [0.15, 0.2) is 22.1 Å². The Morgan fingerprint density at radius 3 is 2.41 bits per heavy atom. The molecule has 0 saturated carbocycles. The highest BCUT2D eigenvalue weighted by Crippen LogP contribution is 2.47. The molecule has 1 atom stereocenters. The fourth-order valence-corrected chi connectivity index (χ4v) is 5.34. The van der Waals surface area contributed by atoms with Crippen LogP contribution in [0.25, 0.3) is 11.0 Å². The third-order valence-electron chi connectivity index (χ3n) is 6.44. The van der Waals surface area contributed by atoms with E-state index < -0.39 is 11.9 Å². The number of thiazole rings is 1. The Hall–Kier alpha value is -3.65. The van der Waals surface area contributed by atoms with Crippen LogP contribution in [0.2, 0.25) is 0 Å². The largest absolute Gasteiger partial charge is 0.493 e. The number of nitrogens with zero attached hydrogens (tertiary/aromatic N) is 2. The summed E-state index contributed by atoms with van der Waals surface area (Å²) in [6, 6.07) is 8.27. The van der Waals surface area contributed by atoms with E-state index in [1.54, 1.807) is 19.2 Å². The van der Waals surface area contributed by atoms with E-state index in [0.717, 1.165) is 21.7 Å². The zero-order chi connectivity index (χ0) is 24.3. The summed E-state index contributed by atoms with van der Waals surface area (Å²) < 4.78 is 17.3. The molecule has 1 amide bonds. The van der Waals surface area contributed by atoms with Gasteiger partial charge in [0.2, 0.25) is 5.76 Å². The molecule has 0 radical (unpaired) electrons. The lowest BCUT2D eigenvalue weighted by Crippen LogP contribution is -2.29. The van der Waals surface area contributed by atoms with Crippen LogP contribution >= 0.6 is 11.3 Å². The SMILES string of the molecule is COc1cccc(C2c3c(oc4cc(C)c(C)cc4c3=O)C(=O)N2c2nc(C)c(C)s2)c1OC. The maximum Gasteiger partial charge on any atom is 0.297 e. The molecule has 2 aromatic heterocycles. The molecule has 3 heterocycles. The molecule has 7 nitrogen and oxygen atoms in total. The van der Waals surface area contributed by atoms with Gasteiger partial charge < -0.3 is 13.9 Å². The van der Waals surface area contributed by atoms with Gasteiger partial charge in [0.05, 0.1) is 30.9 Å². The van der Waals surface area contributed by atoms with Crippen LogP contribution in [0.15, 0.2) is 39.5 Å². The molecular weight excluding hydrogens is 452 g/mol. The first-order valence-electron chi connectivity index (χ1n) is 10.8. The predicted molar refractivity (Wildman–Crippen MR) is 132 cm³/mol. The van der Waals surface area contributed by atoms with Gasteiger partial charge in [0, 0.05) is 10.4 Å². The molecular formula is C26H24N2O5S. The number of anilines is 1. The first-order valence-corrected chi connectivity index (χ1v) is 11.6. The van der Waals surface area contributed by atoms with Crippen molar-refractivity contribution in [2.75, 3.05) is 19.1 Å². The lowest BCUT2D eigenvalue weighted by molar-refractivity contribution is 0.0970. The molecule has 0 fully saturated rings. The standard InChI is InChI=1S/C26H24N2O5S/c1-12-10-17-19(11-13(12)2)33-24-20(22(17)29)21(16-8-7-9-18(31-5)23(16)32-6)28(25(24)30)26-27-14(3)15(4)34-26/h7-11,21H,1-6H3. The van der Waals surface area contributed by atoms with Crippen molar-refractivity contribution in [2.45, 2.75) is 33.7 Å². The number of carbonyl (C=O) groups excluding carboxylic acids is 1. The number of hydrogen-bond donors (Lipinski definition) is 0. The van der Waals surface area contributed by atoms with E-state index >= 15 is 0 Å². The maximum atomic E-state index is 13.9. The lowest BCUT2D eigenvalue weighted by Gasteiger charge is -2.25. The minimum absolute atomic E-state index is 0.0288. The van der Waals surface area contributed by atoms with E-state index in [1.807, 2.05) is 45.9 Å². The first-order chi connectivity index (χ1) is 16.3. The third kappa shape index (κ3) is 3.13. The van der Waals surface area contributed by atoms with Crippen molar-refractivity contribution in [1.29, 1.82) is 0 Å². The molecule has 4 aromatic rings. The number of ether oxygens (including phenoxy) is 2. The van der Waals surface area contributed by atoms with Crippen molar-refractivity contribution in [1.82, 2.24) is 4.98 Å². The average molecular weight is 477 g/mol. The number of carbonyl (C=O) groups is 1. The van der Waals surface area contributed by atoms with E-state index in [-0.39, 0.29) is 16.8 Å². The molecule has 5 rings (SSSR count). The van der Waals surface area contributed by atoms with Crippen LogP contribution < -0.4 is 19.8 Å². The molecule has 1 aliphatic heterocycles. The van der Waals surface area contributed by atoms with Gasteiger partial charge in [-0.1, -0.05) is 12.1 Å². The highest BCUT2D eigenvalue weighted by molar-refractivity contribution is 7.15. The summed E-state index contributed by atoms with van der Waals surface area (Å²) in [5.74, 6) is 0.575. The minimum Gasteiger partial charge on any atom is -0.493 e. The second kappa shape index (κ2) is 7.99.